The number of nitrogens with zero attached hydrogens (tertiary/aromatic N) is 2. The summed E-state index contributed by atoms with van der Waals surface area (Å²) in [6.45, 7) is 2.58. The van der Waals surface area contributed by atoms with Gasteiger partial charge in [-0.15, -0.1) is 0 Å². The van der Waals surface area contributed by atoms with Crippen LogP contribution in [-0.4, -0.2) is 52.8 Å². The van der Waals surface area contributed by atoms with Crippen LogP contribution >= 0.6 is 0 Å². The number of anilines is 1. The molecule has 1 atom stereocenters. The second-order valence-electron chi connectivity index (χ2n) is 5.86. The van der Waals surface area contributed by atoms with Crippen molar-refractivity contribution in [1.82, 2.24) is 14.8 Å². The Morgan fingerprint density at radius 3 is 2.87 bits per heavy atom. The minimum Gasteiger partial charge on any atom is -0.389 e. The van der Waals surface area contributed by atoms with E-state index in [0.717, 1.165) is 22.3 Å². The number of hydrogen-bond acceptors (Lipinski definition) is 4. The third-order valence-electron chi connectivity index (χ3n) is 3.92. The van der Waals surface area contributed by atoms with Gasteiger partial charge >= 0.3 is 6.03 Å². The highest BCUT2D eigenvalue weighted by molar-refractivity contribution is 5.96. The van der Waals surface area contributed by atoms with E-state index >= 15 is 0 Å². The first kappa shape index (κ1) is 15.4. The number of carbonyl (C=O) groups excluding carboxylic acids is 2. The predicted octanol–water partition coefficient (Wildman–Crippen LogP) is 0.964. The maximum absolute atomic E-state index is 12.1. The highest BCUT2D eigenvalue weighted by Crippen LogP contribution is 2.28. The van der Waals surface area contributed by atoms with Crippen LogP contribution in [0.25, 0.3) is 10.9 Å². The van der Waals surface area contributed by atoms with Crippen molar-refractivity contribution >= 4 is 28.5 Å². The average molecular weight is 316 g/mol. The van der Waals surface area contributed by atoms with E-state index in [1.807, 2.05) is 24.3 Å². The second-order valence-corrected chi connectivity index (χ2v) is 5.86. The molecule has 3 rings (SSSR count). The SMILES string of the molecule is CC(=O)NCC(O)CNc1ccc2c(c1)cc1n2C(=O)N(C)C1. The van der Waals surface area contributed by atoms with Gasteiger partial charge in [0.15, 0.2) is 0 Å². The van der Waals surface area contributed by atoms with Crippen LogP contribution in [-0.2, 0) is 11.3 Å². The Kier molecular flexibility index (Phi) is 3.96. The van der Waals surface area contributed by atoms with E-state index in [-0.39, 0.29) is 18.5 Å². The third-order valence-corrected chi connectivity index (χ3v) is 3.92. The van der Waals surface area contributed by atoms with Gasteiger partial charge in [-0.2, -0.15) is 0 Å². The maximum atomic E-state index is 12.1. The molecule has 2 amide bonds. The van der Waals surface area contributed by atoms with E-state index in [2.05, 4.69) is 10.6 Å². The van der Waals surface area contributed by atoms with E-state index in [9.17, 15) is 14.7 Å². The number of nitrogens with one attached hydrogen (secondary N) is 2. The van der Waals surface area contributed by atoms with Gasteiger partial charge in [-0.1, -0.05) is 0 Å². The minimum absolute atomic E-state index is 0.0126. The summed E-state index contributed by atoms with van der Waals surface area (Å²) in [4.78, 5) is 24.6. The molecule has 0 saturated carbocycles. The van der Waals surface area contributed by atoms with Gasteiger partial charge in [0.2, 0.25) is 5.91 Å². The van der Waals surface area contributed by atoms with Gasteiger partial charge < -0.3 is 20.6 Å². The van der Waals surface area contributed by atoms with Crippen molar-refractivity contribution < 1.29 is 14.7 Å². The first-order valence-electron chi connectivity index (χ1n) is 7.52. The number of aliphatic hydroxyl groups is 1. The summed E-state index contributed by atoms with van der Waals surface area (Å²) in [5.41, 5.74) is 2.73. The predicted molar refractivity (Wildman–Crippen MR) is 87.4 cm³/mol. The Bertz CT molecular complexity index is 768. The summed E-state index contributed by atoms with van der Waals surface area (Å²) in [5, 5.41) is 16.5. The third kappa shape index (κ3) is 3.00. The van der Waals surface area contributed by atoms with Crippen molar-refractivity contribution in [2.75, 3.05) is 25.5 Å². The lowest BCUT2D eigenvalue weighted by molar-refractivity contribution is -0.119. The fraction of sp³-hybridized carbons (Fsp3) is 0.375. The fourth-order valence-corrected chi connectivity index (χ4v) is 2.78. The molecule has 2 aromatic rings. The Morgan fingerprint density at radius 1 is 1.35 bits per heavy atom. The molecule has 1 aromatic carbocycles. The lowest BCUT2D eigenvalue weighted by Gasteiger charge is -2.13. The van der Waals surface area contributed by atoms with Gasteiger partial charge in [-0.25, -0.2) is 4.79 Å². The molecule has 122 valence electrons. The summed E-state index contributed by atoms with van der Waals surface area (Å²) in [6.07, 6.45) is -0.663. The van der Waals surface area contributed by atoms with E-state index < -0.39 is 6.10 Å². The normalized spacial score (nSPS) is 14.9. The molecular formula is C16H20N4O3. The first-order chi connectivity index (χ1) is 11.0. The average Bonchev–Trinajstić information content (AvgIpc) is 2.99. The number of amides is 2. The molecule has 1 aliphatic rings. The number of rotatable bonds is 5. The molecule has 0 spiro atoms. The van der Waals surface area contributed by atoms with Crippen molar-refractivity contribution in [1.29, 1.82) is 0 Å². The van der Waals surface area contributed by atoms with Crippen molar-refractivity contribution in [2.24, 2.45) is 0 Å². The quantitative estimate of drug-likeness (QED) is 0.767. The molecule has 0 radical (unpaired) electrons. The van der Waals surface area contributed by atoms with Crippen LogP contribution in [0.1, 0.15) is 12.6 Å². The zero-order valence-corrected chi connectivity index (χ0v) is 13.2. The number of aliphatic hydroxyl groups excluding tert-OH is 1. The van der Waals surface area contributed by atoms with Crippen LogP contribution in [0.2, 0.25) is 0 Å². The van der Waals surface area contributed by atoms with Crippen molar-refractivity contribution in [3.05, 3.63) is 30.0 Å². The number of hydrogen-bond donors (Lipinski definition) is 3. The van der Waals surface area contributed by atoms with Gasteiger partial charge in [0.1, 0.15) is 0 Å². The Balaban J connectivity index is 1.70. The lowest BCUT2D eigenvalue weighted by Crippen LogP contribution is -2.34. The highest BCUT2D eigenvalue weighted by Gasteiger charge is 2.26. The van der Waals surface area contributed by atoms with E-state index in [0.29, 0.717) is 13.1 Å². The molecule has 0 saturated heterocycles. The van der Waals surface area contributed by atoms with Gasteiger partial charge in [0.25, 0.3) is 0 Å². The van der Waals surface area contributed by atoms with Crippen LogP contribution in [0.15, 0.2) is 24.3 Å². The lowest BCUT2D eigenvalue weighted by atomic mass is 10.2. The number of fused-ring (bicyclic) bond motifs is 3. The van der Waals surface area contributed by atoms with Crippen molar-refractivity contribution in [3.8, 4) is 0 Å². The summed E-state index contributed by atoms with van der Waals surface area (Å²) in [6, 6.07) is 7.74. The van der Waals surface area contributed by atoms with Crippen molar-refractivity contribution in [3.63, 3.8) is 0 Å². The van der Waals surface area contributed by atoms with Crippen LogP contribution in [0.4, 0.5) is 10.5 Å². The largest absolute Gasteiger partial charge is 0.389 e. The van der Waals surface area contributed by atoms with Crippen molar-refractivity contribution in [2.45, 2.75) is 19.6 Å². The summed E-state index contributed by atoms with van der Waals surface area (Å²) < 4.78 is 1.73. The fourth-order valence-electron chi connectivity index (χ4n) is 2.78. The van der Waals surface area contributed by atoms with E-state index in [4.69, 9.17) is 0 Å². The van der Waals surface area contributed by atoms with Crippen LogP contribution in [0.3, 0.4) is 0 Å². The van der Waals surface area contributed by atoms with Gasteiger partial charge in [0.05, 0.1) is 18.2 Å². The Labute approximate surface area is 133 Å². The van der Waals surface area contributed by atoms with Crippen LogP contribution in [0.5, 0.6) is 0 Å². The van der Waals surface area contributed by atoms with Gasteiger partial charge in [0, 0.05) is 43.8 Å². The van der Waals surface area contributed by atoms with E-state index in [1.165, 1.54) is 6.92 Å². The smallest absolute Gasteiger partial charge is 0.329 e. The number of carbonyl (C=O) groups is 2. The minimum atomic E-state index is -0.663. The molecule has 7 heteroatoms. The second kappa shape index (κ2) is 5.92. The zero-order chi connectivity index (χ0) is 16.6. The number of aromatic nitrogens is 1. The molecule has 2 heterocycles. The molecule has 23 heavy (non-hydrogen) atoms. The summed E-state index contributed by atoms with van der Waals surface area (Å²) in [7, 11) is 1.79. The molecule has 1 aromatic heterocycles. The zero-order valence-electron chi connectivity index (χ0n) is 13.2. The number of benzene rings is 1. The monoisotopic (exact) mass is 316 g/mol. The standard InChI is InChI=1S/C16H20N4O3/c1-10(21)17-7-14(22)8-18-12-3-4-15-11(5-12)6-13-9-19(2)16(23)20(13)15/h3-6,14,18,22H,7-9H2,1-2H3,(H,17,21). The molecule has 0 bridgehead atoms. The Hall–Kier alpha value is -2.54. The molecule has 0 fully saturated rings. The summed E-state index contributed by atoms with van der Waals surface area (Å²) >= 11 is 0. The van der Waals surface area contributed by atoms with Gasteiger partial charge in [-0.05, 0) is 24.3 Å². The first-order valence-corrected chi connectivity index (χ1v) is 7.52. The molecular weight excluding hydrogens is 296 g/mol. The van der Waals surface area contributed by atoms with Crippen LogP contribution < -0.4 is 10.6 Å². The molecule has 3 N–H and O–H groups in total. The molecule has 0 aliphatic carbocycles. The van der Waals surface area contributed by atoms with Gasteiger partial charge in [-0.3, -0.25) is 9.36 Å². The summed E-state index contributed by atoms with van der Waals surface area (Å²) in [5.74, 6) is -0.163. The molecule has 1 unspecified atom stereocenters. The highest BCUT2D eigenvalue weighted by atomic mass is 16.3. The molecule has 1 aliphatic heterocycles. The van der Waals surface area contributed by atoms with E-state index in [1.54, 1.807) is 16.5 Å². The topological polar surface area (TPSA) is 86.6 Å². The Morgan fingerprint density at radius 2 is 2.13 bits per heavy atom. The van der Waals surface area contributed by atoms with Crippen LogP contribution in [0, 0.1) is 0 Å². The maximum Gasteiger partial charge on any atom is 0.329 e. The molecule has 7 nitrogen and oxygen atoms in total.